The summed E-state index contributed by atoms with van der Waals surface area (Å²) < 4.78 is 4.70. The molecule has 0 rings (SSSR count). The minimum absolute atomic E-state index is 0.222. The number of hydrogen-bond donors (Lipinski definition) is 1. The van der Waals surface area contributed by atoms with Gasteiger partial charge in [-0.3, -0.25) is 4.79 Å². The second-order valence-corrected chi connectivity index (χ2v) is 2.21. The first-order chi connectivity index (χ1) is 5.16. The van der Waals surface area contributed by atoms with E-state index < -0.39 is 6.10 Å². The third-order valence-corrected chi connectivity index (χ3v) is 1.04. The molecule has 0 aliphatic carbocycles. The van der Waals surface area contributed by atoms with Gasteiger partial charge in [0.15, 0.2) is 0 Å². The number of aliphatic hydroxyl groups is 1. The molecule has 3 nitrogen and oxygen atoms in total. The van der Waals surface area contributed by atoms with Crippen LogP contribution in [0.4, 0.5) is 0 Å². The summed E-state index contributed by atoms with van der Waals surface area (Å²) in [7, 11) is 0. The van der Waals surface area contributed by atoms with E-state index in [9.17, 15) is 4.79 Å². The lowest BCUT2D eigenvalue weighted by molar-refractivity contribution is -0.141. The van der Waals surface area contributed by atoms with Gasteiger partial charge in [-0.15, -0.1) is 0 Å². The first-order valence-electron chi connectivity index (χ1n) is 3.67. The number of ether oxygens (including phenoxy) is 1. The zero-order valence-electron chi connectivity index (χ0n) is 6.91. The predicted octanol–water partition coefficient (Wildman–Crippen LogP) is 0.877. The molecular formula is C8H14O3. The number of esters is 1. The van der Waals surface area contributed by atoms with Crippen molar-refractivity contribution in [2.75, 3.05) is 6.61 Å². The van der Waals surface area contributed by atoms with Crippen LogP contribution in [0.25, 0.3) is 0 Å². The minimum atomic E-state index is -0.477. The highest BCUT2D eigenvalue weighted by atomic mass is 16.5. The largest absolute Gasteiger partial charge is 0.461 e. The Labute approximate surface area is 66.7 Å². The summed E-state index contributed by atoms with van der Waals surface area (Å²) in [6.07, 6.45) is 3.11. The van der Waals surface area contributed by atoms with Crippen molar-refractivity contribution in [3.8, 4) is 0 Å². The lowest BCUT2D eigenvalue weighted by Crippen LogP contribution is -2.02. The summed E-state index contributed by atoms with van der Waals surface area (Å²) in [6.45, 7) is 3.62. The quantitative estimate of drug-likeness (QED) is 0.488. The zero-order chi connectivity index (χ0) is 8.69. The normalized spacial score (nSPS) is 13.4. The minimum Gasteiger partial charge on any atom is -0.461 e. The topological polar surface area (TPSA) is 46.5 Å². The lowest BCUT2D eigenvalue weighted by atomic mass is 10.4. The Hall–Kier alpha value is -0.830. The molecule has 0 saturated heterocycles. The van der Waals surface area contributed by atoms with Crippen LogP contribution in [-0.2, 0) is 9.53 Å². The van der Waals surface area contributed by atoms with E-state index in [0.717, 1.165) is 0 Å². The van der Waals surface area contributed by atoms with Crippen molar-refractivity contribution in [1.29, 1.82) is 0 Å². The highest BCUT2D eigenvalue weighted by Gasteiger charge is 1.93. The smallest absolute Gasteiger partial charge is 0.305 e. The molecule has 0 aromatic rings. The molecule has 0 amide bonds. The number of rotatable bonds is 4. The highest BCUT2D eigenvalue weighted by molar-refractivity contribution is 5.68. The molecule has 1 atom stereocenters. The molecule has 3 heteroatoms. The van der Waals surface area contributed by atoms with Gasteiger partial charge in [0.05, 0.1) is 6.10 Å². The van der Waals surface area contributed by atoms with Gasteiger partial charge in [-0.25, -0.2) is 0 Å². The monoisotopic (exact) mass is 158 g/mol. The van der Waals surface area contributed by atoms with E-state index in [4.69, 9.17) is 9.84 Å². The van der Waals surface area contributed by atoms with Crippen LogP contribution in [0.5, 0.6) is 0 Å². The fourth-order valence-corrected chi connectivity index (χ4v) is 0.496. The van der Waals surface area contributed by atoms with Crippen molar-refractivity contribution in [2.45, 2.75) is 26.4 Å². The molecule has 0 bridgehead atoms. The molecule has 0 radical (unpaired) electrons. The second-order valence-electron chi connectivity index (χ2n) is 2.21. The van der Waals surface area contributed by atoms with Gasteiger partial charge in [0.25, 0.3) is 0 Å². The van der Waals surface area contributed by atoms with Crippen LogP contribution in [0.3, 0.4) is 0 Å². The Balaban J connectivity index is 3.34. The van der Waals surface area contributed by atoms with Crippen molar-refractivity contribution in [3.05, 3.63) is 12.2 Å². The number of aliphatic hydroxyl groups excluding tert-OH is 1. The maximum atomic E-state index is 10.5. The van der Waals surface area contributed by atoms with Gasteiger partial charge in [-0.05, 0) is 13.0 Å². The van der Waals surface area contributed by atoms with Gasteiger partial charge >= 0.3 is 5.97 Å². The lowest BCUT2D eigenvalue weighted by Gasteiger charge is -1.97. The number of hydrogen-bond acceptors (Lipinski definition) is 3. The standard InChI is InChI=1S/C8H14O3/c1-3-8(10)11-6-4-5-7(2)9/h4-5,7,9H,3,6H2,1-2H3/b5-4+. The summed E-state index contributed by atoms with van der Waals surface area (Å²) in [5.74, 6) is -0.222. The number of carbonyl (C=O) groups excluding carboxylic acids is 1. The van der Waals surface area contributed by atoms with Gasteiger partial charge in [0.2, 0.25) is 0 Å². The molecule has 0 aromatic carbocycles. The Morgan fingerprint density at radius 2 is 2.36 bits per heavy atom. The zero-order valence-corrected chi connectivity index (χ0v) is 6.91. The van der Waals surface area contributed by atoms with E-state index in [1.807, 2.05) is 0 Å². The van der Waals surface area contributed by atoms with Crippen LogP contribution in [0, 0.1) is 0 Å². The molecule has 64 valence electrons. The van der Waals surface area contributed by atoms with Gasteiger partial charge in [0, 0.05) is 6.42 Å². The maximum Gasteiger partial charge on any atom is 0.305 e. The third kappa shape index (κ3) is 7.06. The maximum absolute atomic E-state index is 10.5. The van der Waals surface area contributed by atoms with Crippen molar-refractivity contribution in [2.24, 2.45) is 0 Å². The fraction of sp³-hybridized carbons (Fsp3) is 0.625. The van der Waals surface area contributed by atoms with Gasteiger partial charge in [-0.1, -0.05) is 13.0 Å². The van der Waals surface area contributed by atoms with Crippen molar-refractivity contribution in [3.63, 3.8) is 0 Å². The first-order valence-corrected chi connectivity index (χ1v) is 3.67. The molecule has 1 unspecified atom stereocenters. The van der Waals surface area contributed by atoms with Crippen LogP contribution >= 0.6 is 0 Å². The van der Waals surface area contributed by atoms with E-state index in [-0.39, 0.29) is 12.6 Å². The Kier molecular flexibility index (Phi) is 5.47. The second kappa shape index (κ2) is 5.92. The molecule has 0 spiro atoms. The SMILES string of the molecule is CCC(=O)OC/C=C/C(C)O. The van der Waals surface area contributed by atoms with Gasteiger partial charge in [-0.2, -0.15) is 0 Å². The van der Waals surface area contributed by atoms with E-state index >= 15 is 0 Å². The van der Waals surface area contributed by atoms with Crippen LogP contribution in [0.2, 0.25) is 0 Å². The van der Waals surface area contributed by atoms with Crippen LogP contribution < -0.4 is 0 Å². The van der Waals surface area contributed by atoms with Crippen LogP contribution in [-0.4, -0.2) is 23.8 Å². The van der Waals surface area contributed by atoms with Crippen LogP contribution in [0.1, 0.15) is 20.3 Å². The molecule has 0 heterocycles. The average molecular weight is 158 g/mol. The van der Waals surface area contributed by atoms with E-state index in [1.54, 1.807) is 26.0 Å². The van der Waals surface area contributed by atoms with E-state index in [2.05, 4.69) is 0 Å². The van der Waals surface area contributed by atoms with Crippen molar-refractivity contribution in [1.82, 2.24) is 0 Å². The molecule has 0 aliphatic rings. The number of carbonyl (C=O) groups is 1. The fourth-order valence-electron chi connectivity index (χ4n) is 0.496. The van der Waals surface area contributed by atoms with Gasteiger partial charge in [0.1, 0.15) is 6.61 Å². The molecule has 0 aliphatic heterocycles. The molecule has 1 N–H and O–H groups in total. The molecule has 0 saturated carbocycles. The van der Waals surface area contributed by atoms with Crippen molar-refractivity contribution >= 4 is 5.97 Å². The molecule has 11 heavy (non-hydrogen) atoms. The average Bonchev–Trinajstić information content (AvgIpc) is 1.97. The Bertz CT molecular complexity index is 138. The summed E-state index contributed by atoms with van der Waals surface area (Å²) >= 11 is 0. The van der Waals surface area contributed by atoms with Crippen LogP contribution in [0.15, 0.2) is 12.2 Å². The van der Waals surface area contributed by atoms with E-state index in [1.165, 1.54) is 0 Å². The van der Waals surface area contributed by atoms with Gasteiger partial charge < -0.3 is 9.84 Å². The first kappa shape index (κ1) is 10.2. The molecule has 0 fully saturated rings. The van der Waals surface area contributed by atoms with E-state index in [0.29, 0.717) is 6.42 Å². The summed E-state index contributed by atoms with van der Waals surface area (Å²) in [5.41, 5.74) is 0. The van der Waals surface area contributed by atoms with Crippen molar-refractivity contribution < 1.29 is 14.6 Å². The predicted molar refractivity (Wildman–Crippen MR) is 42.1 cm³/mol. The summed E-state index contributed by atoms with van der Waals surface area (Å²) in [6, 6.07) is 0. The Morgan fingerprint density at radius 1 is 1.73 bits per heavy atom. The summed E-state index contributed by atoms with van der Waals surface area (Å²) in [4.78, 5) is 10.5. The molecule has 0 aromatic heterocycles. The summed E-state index contributed by atoms with van der Waals surface area (Å²) in [5, 5.41) is 8.75. The highest BCUT2D eigenvalue weighted by Crippen LogP contribution is 1.87. The molecular weight excluding hydrogens is 144 g/mol. The Morgan fingerprint density at radius 3 is 2.82 bits per heavy atom. The third-order valence-electron chi connectivity index (χ3n) is 1.04.